The van der Waals surface area contributed by atoms with Gasteiger partial charge in [-0.2, -0.15) is 0 Å². The first-order valence-electron chi connectivity index (χ1n) is 7.91. The van der Waals surface area contributed by atoms with Crippen LogP contribution in [0.15, 0.2) is 41.9 Å². The molecule has 1 saturated heterocycles. The highest BCUT2D eigenvalue weighted by atomic mass is 32.1. The topological polar surface area (TPSA) is 48.5 Å². The van der Waals surface area contributed by atoms with Crippen LogP contribution in [-0.2, 0) is 13.1 Å². The van der Waals surface area contributed by atoms with E-state index in [9.17, 15) is 4.79 Å². The summed E-state index contributed by atoms with van der Waals surface area (Å²) in [4.78, 5) is 20.9. The van der Waals surface area contributed by atoms with Crippen molar-refractivity contribution in [2.75, 3.05) is 19.6 Å². The molecule has 0 unspecified atom stereocenters. The molecule has 0 aliphatic carbocycles. The van der Waals surface area contributed by atoms with Crippen molar-refractivity contribution < 1.29 is 4.79 Å². The minimum atomic E-state index is 0.00654. The Kier molecular flexibility index (Phi) is 5.25. The summed E-state index contributed by atoms with van der Waals surface area (Å²) in [7, 11) is 0. The number of hydrogen-bond donors (Lipinski definition) is 1. The molecule has 1 aliphatic rings. The lowest BCUT2D eigenvalue weighted by Gasteiger charge is -2.39. The zero-order valence-corrected chi connectivity index (χ0v) is 14.1. The molecule has 2 heterocycles. The SMILES string of the molecule is C[C@@H]1CN(Cc2ccccc2)CCN1C(=O)NCc1nccs1. The van der Waals surface area contributed by atoms with Gasteiger partial charge in [-0.15, -0.1) is 11.3 Å². The maximum atomic E-state index is 12.3. The van der Waals surface area contributed by atoms with Crippen LogP contribution in [0.2, 0.25) is 0 Å². The second-order valence-electron chi connectivity index (χ2n) is 5.85. The molecule has 6 heteroatoms. The molecule has 1 aliphatic heterocycles. The molecular weight excluding hydrogens is 308 g/mol. The van der Waals surface area contributed by atoms with E-state index < -0.39 is 0 Å². The van der Waals surface area contributed by atoms with Gasteiger partial charge in [0, 0.05) is 43.8 Å². The highest BCUT2D eigenvalue weighted by molar-refractivity contribution is 7.09. The highest BCUT2D eigenvalue weighted by Crippen LogP contribution is 2.13. The second-order valence-corrected chi connectivity index (χ2v) is 6.83. The number of thiazole rings is 1. The van der Waals surface area contributed by atoms with Crippen molar-refractivity contribution in [1.29, 1.82) is 0 Å². The third kappa shape index (κ3) is 4.30. The van der Waals surface area contributed by atoms with Crippen molar-refractivity contribution in [1.82, 2.24) is 20.1 Å². The Morgan fingerprint density at radius 1 is 1.35 bits per heavy atom. The molecule has 0 saturated carbocycles. The monoisotopic (exact) mass is 330 g/mol. The Balaban J connectivity index is 1.49. The molecule has 23 heavy (non-hydrogen) atoms. The molecule has 1 aromatic heterocycles. The zero-order valence-electron chi connectivity index (χ0n) is 13.3. The summed E-state index contributed by atoms with van der Waals surface area (Å²) in [6.45, 7) is 6.13. The Hall–Kier alpha value is -1.92. The van der Waals surface area contributed by atoms with Crippen molar-refractivity contribution in [2.45, 2.75) is 26.1 Å². The van der Waals surface area contributed by atoms with Crippen LogP contribution in [0.1, 0.15) is 17.5 Å². The van der Waals surface area contributed by atoms with Crippen molar-refractivity contribution in [3.8, 4) is 0 Å². The van der Waals surface area contributed by atoms with Gasteiger partial charge in [0.05, 0.1) is 6.54 Å². The van der Waals surface area contributed by atoms with E-state index >= 15 is 0 Å². The summed E-state index contributed by atoms with van der Waals surface area (Å²) in [5.74, 6) is 0. The third-order valence-corrected chi connectivity index (χ3v) is 4.88. The molecule has 2 aromatic rings. The second kappa shape index (κ2) is 7.57. The van der Waals surface area contributed by atoms with Crippen LogP contribution in [0.3, 0.4) is 0 Å². The predicted molar refractivity (Wildman–Crippen MR) is 92.2 cm³/mol. The summed E-state index contributed by atoms with van der Waals surface area (Å²) in [5.41, 5.74) is 1.32. The highest BCUT2D eigenvalue weighted by Gasteiger charge is 2.27. The minimum absolute atomic E-state index is 0.00654. The van der Waals surface area contributed by atoms with Crippen molar-refractivity contribution in [3.63, 3.8) is 0 Å². The maximum absolute atomic E-state index is 12.3. The lowest BCUT2D eigenvalue weighted by atomic mass is 10.1. The zero-order chi connectivity index (χ0) is 16.1. The van der Waals surface area contributed by atoms with Gasteiger partial charge in [-0.3, -0.25) is 4.90 Å². The molecule has 1 fully saturated rings. The number of amides is 2. The fraction of sp³-hybridized carbons (Fsp3) is 0.412. The number of nitrogens with one attached hydrogen (secondary N) is 1. The van der Waals surface area contributed by atoms with E-state index in [0.717, 1.165) is 31.2 Å². The van der Waals surface area contributed by atoms with Crippen LogP contribution in [0.4, 0.5) is 4.79 Å². The number of rotatable bonds is 4. The minimum Gasteiger partial charge on any atom is -0.331 e. The smallest absolute Gasteiger partial charge is 0.318 e. The maximum Gasteiger partial charge on any atom is 0.318 e. The van der Waals surface area contributed by atoms with Crippen molar-refractivity contribution >= 4 is 17.4 Å². The molecule has 0 radical (unpaired) electrons. The van der Waals surface area contributed by atoms with Crippen molar-refractivity contribution in [2.24, 2.45) is 0 Å². The normalized spacial score (nSPS) is 18.8. The number of aromatic nitrogens is 1. The van der Waals surface area contributed by atoms with Crippen LogP contribution in [0.5, 0.6) is 0 Å². The number of urea groups is 1. The first-order valence-corrected chi connectivity index (χ1v) is 8.79. The number of piperazine rings is 1. The van der Waals surface area contributed by atoms with E-state index in [1.165, 1.54) is 5.56 Å². The molecule has 2 amide bonds. The van der Waals surface area contributed by atoms with Gasteiger partial charge in [0.25, 0.3) is 0 Å². The molecule has 0 bridgehead atoms. The third-order valence-electron chi connectivity index (χ3n) is 4.10. The molecule has 122 valence electrons. The Labute approximate surface area is 140 Å². The summed E-state index contributed by atoms with van der Waals surface area (Å²) >= 11 is 1.56. The molecular formula is C17H22N4OS. The van der Waals surface area contributed by atoms with E-state index in [4.69, 9.17) is 0 Å². The fourth-order valence-electron chi connectivity index (χ4n) is 2.91. The number of hydrogen-bond acceptors (Lipinski definition) is 4. The van der Waals surface area contributed by atoms with Gasteiger partial charge in [0.15, 0.2) is 0 Å². The quantitative estimate of drug-likeness (QED) is 0.937. The van der Waals surface area contributed by atoms with Crippen LogP contribution in [0.25, 0.3) is 0 Å². The van der Waals surface area contributed by atoms with E-state index in [2.05, 4.69) is 46.4 Å². The summed E-state index contributed by atoms with van der Waals surface area (Å²) in [6, 6.07) is 10.7. The Morgan fingerprint density at radius 2 is 2.17 bits per heavy atom. The van der Waals surface area contributed by atoms with Crippen LogP contribution in [0, 0.1) is 0 Å². The summed E-state index contributed by atoms with van der Waals surface area (Å²) in [5, 5.41) is 5.83. The van der Waals surface area contributed by atoms with Gasteiger partial charge in [-0.05, 0) is 12.5 Å². The van der Waals surface area contributed by atoms with Crippen molar-refractivity contribution in [3.05, 3.63) is 52.5 Å². The lowest BCUT2D eigenvalue weighted by molar-refractivity contribution is 0.0973. The molecule has 0 spiro atoms. The van der Waals surface area contributed by atoms with Gasteiger partial charge in [0.1, 0.15) is 5.01 Å². The Morgan fingerprint density at radius 3 is 2.87 bits per heavy atom. The Bertz CT molecular complexity index is 617. The van der Waals surface area contributed by atoms with E-state index in [1.807, 2.05) is 16.3 Å². The summed E-state index contributed by atoms with van der Waals surface area (Å²) < 4.78 is 0. The first kappa shape index (κ1) is 16.0. The molecule has 1 atom stereocenters. The summed E-state index contributed by atoms with van der Waals surface area (Å²) in [6.07, 6.45) is 1.76. The van der Waals surface area contributed by atoms with Gasteiger partial charge in [0.2, 0.25) is 0 Å². The van der Waals surface area contributed by atoms with E-state index in [-0.39, 0.29) is 12.1 Å². The average molecular weight is 330 g/mol. The van der Waals surface area contributed by atoms with Gasteiger partial charge in [-0.25, -0.2) is 9.78 Å². The standard InChI is InChI=1S/C17H22N4OS/c1-14-12-20(13-15-5-3-2-4-6-15)8-9-21(14)17(22)19-11-16-18-7-10-23-16/h2-7,10,14H,8-9,11-13H2,1H3,(H,19,22)/t14-/m1/s1. The number of benzene rings is 1. The largest absolute Gasteiger partial charge is 0.331 e. The average Bonchev–Trinajstić information content (AvgIpc) is 3.07. The lowest BCUT2D eigenvalue weighted by Crippen LogP contribution is -2.56. The molecule has 1 aromatic carbocycles. The van der Waals surface area contributed by atoms with Gasteiger partial charge >= 0.3 is 6.03 Å². The van der Waals surface area contributed by atoms with Crippen LogP contribution < -0.4 is 5.32 Å². The molecule has 5 nitrogen and oxygen atoms in total. The van der Waals surface area contributed by atoms with Gasteiger partial charge < -0.3 is 10.2 Å². The van der Waals surface area contributed by atoms with Crippen LogP contribution >= 0.6 is 11.3 Å². The fourth-order valence-corrected chi connectivity index (χ4v) is 3.47. The van der Waals surface area contributed by atoms with Gasteiger partial charge in [-0.1, -0.05) is 30.3 Å². The predicted octanol–water partition coefficient (Wildman–Crippen LogP) is 2.56. The molecule has 1 N–H and O–H groups in total. The first-order chi connectivity index (χ1) is 11.2. The number of carbonyl (C=O) groups is 1. The number of nitrogens with zero attached hydrogens (tertiary/aromatic N) is 3. The number of carbonyl (C=O) groups excluding carboxylic acids is 1. The van der Waals surface area contributed by atoms with Crippen LogP contribution in [-0.4, -0.2) is 46.5 Å². The molecule has 3 rings (SSSR count). The van der Waals surface area contributed by atoms with E-state index in [1.54, 1.807) is 17.5 Å². The van der Waals surface area contributed by atoms with E-state index in [0.29, 0.717) is 6.54 Å².